The van der Waals surface area contributed by atoms with Crippen LogP contribution in [0.2, 0.25) is 5.02 Å². The van der Waals surface area contributed by atoms with Crippen molar-refractivity contribution in [3.8, 4) is 6.07 Å². The van der Waals surface area contributed by atoms with Crippen LogP contribution in [0.5, 0.6) is 0 Å². The number of nitrogens with zero attached hydrogens (tertiary/aromatic N) is 1. The van der Waals surface area contributed by atoms with Crippen LogP contribution in [0.25, 0.3) is 0 Å². The van der Waals surface area contributed by atoms with Crippen molar-refractivity contribution in [2.24, 2.45) is 0 Å². The van der Waals surface area contributed by atoms with Gasteiger partial charge in [-0.1, -0.05) is 17.7 Å². The molecule has 0 aliphatic rings. The van der Waals surface area contributed by atoms with Crippen molar-refractivity contribution in [3.05, 3.63) is 28.8 Å². The molecule has 0 saturated heterocycles. The van der Waals surface area contributed by atoms with Gasteiger partial charge in [0.1, 0.15) is 11.7 Å². The second kappa shape index (κ2) is 5.07. The SMILES string of the molecule is CC(C)(C)OC(=O)Nc1c(Cl)cccc1C#N. The molecule has 0 unspecified atom stereocenters. The molecule has 1 aromatic rings. The van der Waals surface area contributed by atoms with E-state index < -0.39 is 11.7 Å². The van der Waals surface area contributed by atoms with Crippen molar-refractivity contribution in [1.82, 2.24) is 0 Å². The fourth-order valence-corrected chi connectivity index (χ4v) is 1.37. The molecule has 4 nitrogen and oxygen atoms in total. The van der Waals surface area contributed by atoms with Crippen molar-refractivity contribution < 1.29 is 9.53 Å². The maximum absolute atomic E-state index is 11.5. The number of amides is 1. The zero-order valence-electron chi connectivity index (χ0n) is 9.87. The van der Waals surface area contributed by atoms with Crippen LogP contribution in [-0.2, 0) is 4.74 Å². The first-order valence-corrected chi connectivity index (χ1v) is 5.40. The molecule has 0 aliphatic carbocycles. The van der Waals surface area contributed by atoms with E-state index in [2.05, 4.69) is 5.32 Å². The molecular formula is C12H13ClN2O2. The Morgan fingerprint density at radius 2 is 2.12 bits per heavy atom. The van der Waals surface area contributed by atoms with Gasteiger partial charge in [0.05, 0.1) is 16.3 Å². The van der Waals surface area contributed by atoms with Gasteiger partial charge in [0.2, 0.25) is 0 Å². The number of nitrogens with one attached hydrogen (secondary N) is 1. The van der Waals surface area contributed by atoms with Gasteiger partial charge in [-0.15, -0.1) is 0 Å². The molecule has 0 atom stereocenters. The highest BCUT2D eigenvalue weighted by molar-refractivity contribution is 6.34. The molecule has 5 heteroatoms. The van der Waals surface area contributed by atoms with E-state index in [0.717, 1.165) is 0 Å². The molecule has 0 bridgehead atoms. The number of rotatable bonds is 1. The summed E-state index contributed by atoms with van der Waals surface area (Å²) in [7, 11) is 0. The van der Waals surface area contributed by atoms with Gasteiger partial charge in [0.15, 0.2) is 0 Å². The smallest absolute Gasteiger partial charge is 0.412 e. The Morgan fingerprint density at radius 1 is 1.47 bits per heavy atom. The monoisotopic (exact) mass is 252 g/mol. The van der Waals surface area contributed by atoms with E-state index in [9.17, 15) is 4.79 Å². The maximum Gasteiger partial charge on any atom is 0.412 e. The lowest BCUT2D eigenvalue weighted by atomic mass is 10.2. The maximum atomic E-state index is 11.5. The average Bonchev–Trinajstić information content (AvgIpc) is 2.18. The molecule has 0 aromatic heterocycles. The highest BCUT2D eigenvalue weighted by atomic mass is 35.5. The number of hydrogen-bond donors (Lipinski definition) is 1. The lowest BCUT2D eigenvalue weighted by molar-refractivity contribution is 0.0636. The minimum atomic E-state index is -0.637. The first-order valence-electron chi connectivity index (χ1n) is 5.02. The highest BCUT2D eigenvalue weighted by Crippen LogP contribution is 2.25. The summed E-state index contributed by atoms with van der Waals surface area (Å²) in [6, 6.07) is 6.75. The largest absolute Gasteiger partial charge is 0.444 e. The predicted molar refractivity (Wildman–Crippen MR) is 66.0 cm³/mol. The third kappa shape index (κ3) is 3.97. The zero-order valence-corrected chi connectivity index (χ0v) is 10.6. The molecule has 1 rings (SSSR count). The van der Waals surface area contributed by atoms with E-state index in [4.69, 9.17) is 21.6 Å². The van der Waals surface area contributed by atoms with Gasteiger partial charge in [-0.2, -0.15) is 5.26 Å². The van der Waals surface area contributed by atoms with Crippen molar-refractivity contribution in [1.29, 1.82) is 5.26 Å². The molecule has 0 radical (unpaired) electrons. The fraction of sp³-hybridized carbons (Fsp3) is 0.333. The molecule has 0 aliphatic heterocycles. The molecule has 1 aromatic carbocycles. The second-order valence-electron chi connectivity index (χ2n) is 4.40. The van der Waals surface area contributed by atoms with Crippen molar-refractivity contribution >= 4 is 23.4 Å². The standard InChI is InChI=1S/C12H13ClN2O2/c1-12(2,3)17-11(16)15-10-8(7-14)5-4-6-9(10)13/h4-6H,1-3H3,(H,15,16). The average molecular weight is 253 g/mol. The molecule has 17 heavy (non-hydrogen) atoms. The Bertz CT molecular complexity index is 472. The summed E-state index contributed by atoms with van der Waals surface area (Å²) in [5.74, 6) is 0. The van der Waals surface area contributed by atoms with Crippen molar-refractivity contribution in [2.75, 3.05) is 5.32 Å². The van der Waals surface area contributed by atoms with Gasteiger partial charge in [-0.3, -0.25) is 5.32 Å². The third-order valence-electron chi connectivity index (χ3n) is 1.76. The number of benzene rings is 1. The van der Waals surface area contributed by atoms with Gasteiger partial charge in [-0.25, -0.2) is 4.79 Å². The van der Waals surface area contributed by atoms with Crippen LogP contribution in [0, 0.1) is 11.3 Å². The summed E-state index contributed by atoms with van der Waals surface area (Å²) in [4.78, 5) is 11.5. The van der Waals surface area contributed by atoms with E-state index in [1.54, 1.807) is 39.0 Å². The summed E-state index contributed by atoms with van der Waals surface area (Å²) >= 11 is 5.90. The second-order valence-corrected chi connectivity index (χ2v) is 4.81. The summed E-state index contributed by atoms with van der Waals surface area (Å²) < 4.78 is 5.08. The van der Waals surface area contributed by atoms with Gasteiger partial charge in [0, 0.05) is 0 Å². The number of carbonyl (C=O) groups excluding carboxylic acids is 1. The Labute approximate surface area is 105 Å². The van der Waals surface area contributed by atoms with Gasteiger partial charge in [0.25, 0.3) is 0 Å². The number of para-hydroxylation sites is 1. The van der Waals surface area contributed by atoms with Crippen LogP contribution in [-0.4, -0.2) is 11.7 Å². The molecule has 90 valence electrons. The molecule has 1 amide bonds. The van der Waals surface area contributed by atoms with Gasteiger partial charge < -0.3 is 4.74 Å². The lowest BCUT2D eigenvalue weighted by Crippen LogP contribution is -2.27. The van der Waals surface area contributed by atoms with Crippen LogP contribution in [0.3, 0.4) is 0 Å². The van der Waals surface area contributed by atoms with Crippen molar-refractivity contribution in [2.45, 2.75) is 26.4 Å². The Kier molecular flexibility index (Phi) is 3.97. The minimum absolute atomic E-state index is 0.269. The first-order chi connectivity index (χ1) is 7.83. The molecule has 0 spiro atoms. The topological polar surface area (TPSA) is 62.1 Å². The van der Waals surface area contributed by atoms with Crippen LogP contribution in [0.15, 0.2) is 18.2 Å². The molecular weight excluding hydrogens is 240 g/mol. The molecule has 0 heterocycles. The zero-order chi connectivity index (χ0) is 13.1. The normalized spacial score (nSPS) is 10.5. The fourth-order valence-electron chi connectivity index (χ4n) is 1.15. The number of nitriles is 1. The van der Waals surface area contributed by atoms with E-state index in [-0.39, 0.29) is 5.69 Å². The summed E-state index contributed by atoms with van der Waals surface area (Å²) in [6.07, 6.45) is -0.637. The van der Waals surface area contributed by atoms with Gasteiger partial charge in [-0.05, 0) is 32.9 Å². The van der Waals surface area contributed by atoms with Crippen LogP contribution < -0.4 is 5.32 Å². The highest BCUT2D eigenvalue weighted by Gasteiger charge is 2.18. The number of ether oxygens (including phenoxy) is 1. The molecule has 1 N–H and O–H groups in total. The Morgan fingerprint density at radius 3 is 2.65 bits per heavy atom. The first kappa shape index (κ1) is 13.3. The van der Waals surface area contributed by atoms with E-state index in [1.807, 2.05) is 6.07 Å². The third-order valence-corrected chi connectivity index (χ3v) is 2.07. The summed E-state index contributed by atoms with van der Waals surface area (Å²) in [6.45, 7) is 5.26. The van der Waals surface area contributed by atoms with E-state index in [1.165, 1.54) is 0 Å². The van der Waals surface area contributed by atoms with E-state index >= 15 is 0 Å². The van der Waals surface area contributed by atoms with Crippen LogP contribution >= 0.6 is 11.6 Å². The van der Waals surface area contributed by atoms with Crippen LogP contribution in [0.1, 0.15) is 26.3 Å². The quantitative estimate of drug-likeness (QED) is 0.831. The van der Waals surface area contributed by atoms with Crippen LogP contribution in [0.4, 0.5) is 10.5 Å². The number of carbonyl (C=O) groups is 1. The molecule has 0 fully saturated rings. The number of halogens is 1. The summed E-state index contributed by atoms with van der Waals surface area (Å²) in [5, 5.41) is 11.7. The Balaban J connectivity index is 2.89. The van der Waals surface area contributed by atoms with E-state index in [0.29, 0.717) is 10.6 Å². The lowest BCUT2D eigenvalue weighted by Gasteiger charge is -2.20. The number of anilines is 1. The predicted octanol–water partition coefficient (Wildman–Crippen LogP) is 3.56. The molecule has 0 saturated carbocycles. The van der Waals surface area contributed by atoms with Crippen molar-refractivity contribution in [3.63, 3.8) is 0 Å². The number of hydrogen-bond acceptors (Lipinski definition) is 3. The van der Waals surface area contributed by atoms with Gasteiger partial charge >= 0.3 is 6.09 Å². The summed E-state index contributed by atoms with van der Waals surface area (Å²) in [5.41, 5.74) is -0.0349. The Hall–Kier alpha value is -1.73. The minimum Gasteiger partial charge on any atom is -0.444 e.